The fraction of sp³-hybridized carbons (Fsp3) is 0.556. The number of fused-ring (bicyclic) bond motifs is 1. The van der Waals surface area contributed by atoms with E-state index in [9.17, 15) is 24.3 Å². The number of nitrogens with one attached hydrogen (secondary N) is 1. The number of aliphatic carboxylic acids is 1. The lowest BCUT2D eigenvalue weighted by molar-refractivity contribution is -0.141. The van der Waals surface area contributed by atoms with E-state index in [1.54, 1.807) is 0 Å². The van der Waals surface area contributed by atoms with Crippen molar-refractivity contribution in [2.24, 2.45) is 5.41 Å². The Morgan fingerprint density at radius 1 is 1.31 bits per heavy atom. The number of nitrogens with zero attached hydrogens (tertiary/aromatic N) is 1. The predicted octanol–water partition coefficient (Wildman–Crippen LogP) is 0.844. The number of carbonyl (C=O) groups excluding carboxylic acids is 2. The first kappa shape index (κ1) is 18.3. The Morgan fingerprint density at radius 3 is 2.62 bits per heavy atom. The van der Waals surface area contributed by atoms with E-state index in [-0.39, 0.29) is 29.7 Å². The van der Waals surface area contributed by atoms with Gasteiger partial charge in [-0.3, -0.25) is 14.4 Å². The third-order valence-electron chi connectivity index (χ3n) is 5.09. The molecule has 26 heavy (non-hydrogen) atoms. The number of methoxy groups -OCH3 is 1. The fourth-order valence-corrected chi connectivity index (χ4v) is 3.77. The fourth-order valence-electron chi connectivity index (χ4n) is 3.77. The second-order valence-electron chi connectivity index (χ2n) is 7.75. The zero-order valence-electron chi connectivity index (χ0n) is 15.0. The first-order chi connectivity index (χ1) is 12.1. The van der Waals surface area contributed by atoms with Gasteiger partial charge in [-0.2, -0.15) is 0 Å². The minimum Gasteiger partial charge on any atom is -0.480 e. The van der Waals surface area contributed by atoms with Crippen LogP contribution in [0.25, 0.3) is 0 Å². The van der Waals surface area contributed by atoms with Crippen molar-refractivity contribution in [2.75, 3.05) is 13.7 Å². The molecule has 0 spiro atoms. The second kappa shape index (κ2) is 6.35. The first-order valence-corrected chi connectivity index (χ1v) is 8.49. The molecule has 1 aromatic heterocycles. The summed E-state index contributed by atoms with van der Waals surface area (Å²) in [5, 5.41) is 9.36. The van der Waals surface area contributed by atoms with Crippen LogP contribution in [-0.4, -0.2) is 58.5 Å². The highest BCUT2D eigenvalue weighted by Gasteiger charge is 2.41. The average Bonchev–Trinajstić information content (AvgIpc) is 2.97. The summed E-state index contributed by atoms with van der Waals surface area (Å²) in [4.78, 5) is 52.9. The van der Waals surface area contributed by atoms with E-state index in [0.29, 0.717) is 24.1 Å². The number of hydrogen-bond acceptors (Lipinski definition) is 5. The van der Waals surface area contributed by atoms with Gasteiger partial charge in [-0.15, -0.1) is 0 Å². The van der Waals surface area contributed by atoms with Crippen LogP contribution in [0.4, 0.5) is 0 Å². The maximum Gasteiger partial charge on any atom is 0.326 e. The van der Waals surface area contributed by atoms with Crippen molar-refractivity contribution in [3.63, 3.8) is 0 Å². The van der Waals surface area contributed by atoms with Crippen LogP contribution >= 0.6 is 0 Å². The van der Waals surface area contributed by atoms with Crippen molar-refractivity contribution in [1.82, 2.24) is 9.88 Å². The van der Waals surface area contributed by atoms with Crippen molar-refractivity contribution in [3.05, 3.63) is 33.2 Å². The summed E-state index contributed by atoms with van der Waals surface area (Å²) in [6, 6.07) is 0.255. The zero-order chi connectivity index (χ0) is 19.2. The molecule has 2 aliphatic rings. The van der Waals surface area contributed by atoms with E-state index >= 15 is 0 Å². The highest BCUT2D eigenvalue weighted by Crippen LogP contribution is 2.33. The Balaban J connectivity index is 1.98. The summed E-state index contributed by atoms with van der Waals surface area (Å²) in [7, 11) is 1.45. The monoisotopic (exact) mass is 362 g/mol. The number of carboxylic acid groups (broad SMARTS) is 1. The number of carbonyl (C=O) groups is 3. The molecule has 0 aromatic carbocycles. The molecule has 8 heteroatoms. The zero-order valence-corrected chi connectivity index (χ0v) is 15.0. The van der Waals surface area contributed by atoms with Gasteiger partial charge in [-0.25, -0.2) is 4.79 Å². The number of pyridine rings is 1. The molecule has 3 rings (SSSR count). The molecule has 0 bridgehead atoms. The van der Waals surface area contributed by atoms with Crippen LogP contribution in [0.1, 0.15) is 53.1 Å². The lowest BCUT2D eigenvalue weighted by Gasteiger charge is -2.30. The summed E-state index contributed by atoms with van der Waals surface area (Å²) in [6.07, 6.45) is 0.616. The highest BCUT2D eigenvalue weighted by atomic mass is 16.5. The van der Waals surface area contributed by atoms with E-state index in [4.69, 9.17) is 4.74 Å². The van der Waals surface area contributed by atoms with E-state index in [2.05, 4.69) is 4.98 Å². The Kier molecular flexibility index (Phi) is 4.47. The number of ketones is 1. The molecule has 2 atom stereocenters. The van der Waals surface area contributed by atoms with Gasteiger partial charge in [0, 0.05) is 37.8 Å². The van der Waals surface area contributed by atoms with Gasteiger partial charge in [0.05, 0.1) is 6.10 Å². The minimum absolute atomic E-state index is 0.0871. The van der Waals surface area contributed by atoms with E-state index < -0.39 is 29.6 Å². The van der Waals surface area contributed by atoms with Crippen LogP contribution in [0.3, 0.4) is 0 Å². The quantitative estimate of drug-likeness (QED) is 0.823. The van der Waals surface area contributed by atoms with E-state index in [0.717, 1.165) is 4.90 Å². The molecule has 1 aromatic rings. The molecule has 1 saturated heterocycles. The number of H-pyrrole nitrogens is 1. The number of rotatable bonds is 3. The van der Waals surface area contributed by atoms with Gasteiger partial charge in [0.15, 0.2) is 5.78 Å². The molecule has 1 amide bonds. The Hall–Kier alpha value is -2.48. The van der Waals surface area contributed by atoms with Crippen LogP contribution in [0.2, 0.25) is 0 Å². The van der Waals surface area contributed by atoms with Gasteiger partial charge < -0.3 is 19.7 Å². The Labute approximate surface area is 150 Å². The summed E-state index contributed by atoms with van der Waals surface area (Å²) in [6.45, 7) is 3.97. The number of Topliss-reactive ketones (excluding diaryl/α,β-unsaturated/α-hetero) is 1. The molecule has 0 saturated carbocycles. The molecule has 2 heterocycles. The Bertz CT molecular complexity index is 841. The minimum atomic E-state index is -1.15. The topological polar surface area (TPSA) is 117 Å². The van der Waals surface area contributed by atoms with Gasteiger partial charge in [0.1, 0.15) is 11.6 Å². The number of carboxylic acids is 1. The molecule has 1 aliphatic carbocycles. The summed E-state index contributed by atoms with van der Waals surface area (Å²) in [5.74, 6) is -1.98. The molecule has 1 aliphatic heterocycles. The standard InChI is InChI=1S/C18H22N2O6/c1-18(2)6-12-10(14(21)7-18)5-11(15(22)19-12)16(23)20-8-9(26-3)4-13(20)17(24)25/h5,9,13H,4,6-8H2,1-3H3,(H,19,22)(H,24,25). The molecule has 2 unspecified atom stereocenters. The number of aromatic nitrogens is 1. The largest absolute Gasteiger partial charge is 0.480 e. The Morgan fingerprint density at radius 2 is 2.00 bits per heavy atom. The lowest BCUT2D eigenvalue weighted by Crippen LogP contribution is -2.43. The molecule has 2 N–H and O–H groups in total. The summed E-state index contributed by atoms with van der Waals surface area (Å²) >= 11 is 0. The average molecular weight is 362 g/mol. The van der Waals surface area contributed by atoms with Crippen molar-refractivity contribution in [3.8, 4) is 0 Å². The third-order valence-corrected chi connectivity index (χ3v) is 5.09. The number of amides is 1. The van der Waals surface area contributed by atoms with Gasteiger partial charge >= 0.3 is 5.97 Å². The van der Waals surface area contributed by atoms with Crippen molar-refractivity contribution in [1.29, 1.82) is 0 Å². The predicted molar refractivity (Wildman–Crippen MR) is 91.4 cm³/mol. The van der Waals surface area contributed by atoms with Crippen molar-refractivity contribution >= 4 is 17.7 Å². The molecule has 8 nitrogen and oxygen atoms in total. The highest BCUT2D eigenvalue weighted by molar-refractivity contribution is 6.02. The molecular formula is C18H22N2O6. The molecule has 1 fully saturated rings. The maximum atomic E-state index is 12.8. The van der Waals surface area contributed by atoms with Gasteiger partial charge in [0.2, 0.25) is 0 Å². The van der Waals surface area contributed by atoms with Crippen LogP contribution in [0, 0.1) is 5.41 Å². The van der Waals surface area contributed by atoms with Gasteiger partial charge in [-0.05, 0) is 17.9 Å². The summed E-state index contributed by atoms with van der Waals surface area (Å²) < 4.78 is 5.17. The first-order valence-electron chi connectivity index (χ1n) is 8.49. The van der Waals surface area contributed by atoms with Crippen LogP contribution < -0.4 is 5.56 Å². The molecule has 140 valence electrons. The lowest BCUT2D eigenvalue weighted by atomic mass is 9.75. The smallest absolute Gasteiger partial charge is 0.326 e. The summed E-state index contributed by atoms with van der Waals surface area (Å²) in [5.41, 5.74) is -0.211. The number of likely N-dealkylation sites (tertiary alicyclic amines) is 1. The number of aromatic amines is 1. The maximum absolute atomic E-state index is 12.8. The second-order valence-corrected chi connectivity index (χ2v) is 7.75. The SMILES string of the molecule is COC1CC(C(=O)O)N(C(=O)c2cc3c([nH]c2=O)CC(C)(C)CC3=O)C1. The van der Waals surface area contributed by atoms with Crippen molar-refractivity contribution in [2.45, 2.75) is 45.3 Å². The molecular weight excluding hydrogens is 340 g/mol. The van der Waals surface area contributed by atoms with Crippen LogP contribution in [0.5, 0.6) is 0 Å². The van der Waals surface area contributed by atoms with Gasteiger partial charge in [0.25, 0.3) is 11.5 Å². The van der Waals surface area contributed by atoms with E-state index in [1.807, 2.05) is 13.8 Å². The van der Waals surface area contributed by atoms with Crippen molar-refractivity contribution < 1.29 is 24.2 Å². The number of ether oxygens (including phenoxy) is 1. The molecule has 0 radical (unpaired) electrons. The van der Waals surface area contributed by atoms with E-state index in [1.165, 1.54) is 13.2 Å². The third kappa shape index (κ3) is 3.16. The van der Waals surface area contributed by atoms with Gasteiger partial charge in [-0.1, -0.05) is 13.8 Å². The normalized spacial score (nSPS) is 24.4. The van der Waals surface area contributed by atoms with Crippen LogP contribution in [0.15, 0.2) is 10.9 Å². The van der Waals surface area contributed by atoms with Crippen LogP contribution in [-0.2, 0) is 16.0 Å². The number of hydrogen-bond donors (Lipinski definition) is 2.